The number of nitrogens with one attached hydrogen (secondary N) is 2. The highest BCUT2D eigenvalue weighted by Crippen LogP contribution is 2.22. The highest BCUT2D eigenvalue weighted by molar-refractivity contribution is 5.48. The predicted octanol–water partition coefficient (Wildman–Crippen LogP) is 2.55. The lowest BCUT2D eigenvalue weighted by atomic mass is 9.96. The van der Waals surface area contributed by atoms with Crippen molar-refractivity contribution in [1.29, 1.82) is 0 Å². The van der Waals surface area contributed by atoms with Gasteiger partial charge in [0, 0.05) is 43.4 Å². The smallest absolute Gasteiger partial charge is 0.138 e. The Morgan fingerprint density at radius 3 is 2.33 bits per heavy atom. The fraction of sp³-hybridized carbons (Fsp3) is 0.533. The van der Waals surface area contributed by atoms with Crippen LogP contribution in [0.1, 0.15) is 39.1 Å². The minimum absolute atomic E-state index is 0.0871. The number of aryl methyl sites for hydroxylation is 1. The van der Waals surface area contributed by atoms with E-state index in [-0.39, 0.29) is 5.41 Å². The molecule has 0 radical (unpaired) electrons. The Morgan fingerprint density at radius 1 is 1.14 bits per heavy atom. The van der Waals surface area contributed by atoms with Crippen molar-refractivity contribution < 1.29 is 0 Å². The molecule has 0 saturated carbocycles. The summed E-state index contributed by atoms with van der Waals surface area (Å²) in [5.41, 5.74) is 1.04. The van der Waals surface area contributed by atoms with Gasteiger partial charge in [-0.2, -0.15) is 5.10 Å². The highest BCUT2D eigenvalue weighted by atomic mass is 15.2. The molecule has 2 rings (SSSR count). The van der Waals surface area contributed by atoms with Crippen LogP contribution in [0.15, 0.2) is 18.5 Å². The molecule has 0 amide bonds. The Morgan fingerprint density at radius 2 is 1.81 bits per heavy atom. The summed E-state index contributed by atoms with van der Waals surface area (Å²) < 4.78 is 1.79. The Balaban J connectivity index is 2.19. The largest absolute Gasteiger partial charge is 0.370 e. The first kappa shape index (κ1) is 15.3. The van der Waals surface area contributed by atoms with Crippen LogP contribution in [-0.2, 0) is 19.0 Å². The lowest BCUT2D eigenvalue weighted by molar-refractivity contribution is 0.546. The summed E-state index contributed by atoms with van der Waals surface area (Å²) in [5.74, 6) is 2.51. The van der Waals surface area contributed by atoms with E-state index in [4.69, 9.17) is 0 Å². The third-order valence-electron chi connectivity index (χ3n) is 2.99. The summed E-state index contributed by atoms with van der Waals surface area (Å²) in [7, 11) is 1.91. The van der Waals surface area contributed by atoms with Crippen LogP contribution in [0.25, 0.3) is 0 Å². The van der Waals surface area contributed by atoms with Crippen LogP contribution in [0.5, 0.6) is 0 Å². The first-order valence-corrected chi connectivity index (χ1v) is 7.23. The maximum absolute atomic E-state index is 4.62. The molecule has 0 aliphatic carbocycles. The summed E-state index contributed by atoms with van der Waals surface area (Å²) in [6.07, 6.45) is 3.84. The Labute approximate surface area is 126 Å². The van der Waals surface area contributed by atoms with Gasteiger partial charge < -0.3 is 10.6 Å². The molecule has 0 aliphatic heterocycles. The van der Waals surface area contributed by atoms with Crippen LogP contribution in [0.2, 0.25) is 0 Å². The second-order valence-electron chi connectivity index (χ2n) is 6.12. The van der Waals surface area contributed by atoms with Gasteiger partial charge in [-0.25, -0.2) is 9.97 Å². The Bertz CT molecular complexity index is 596. The molecule has 2 N–H and O–H groups in total. The number of anilines is 2. The van der Waals surface area contributed by atoms with Gasteiger partial charge in [0.15, 0.2) is 0 Å². The van der Waals surface area contributed by atoms with Gasteiger partial charge in [-0.05, 0) is 6.92 Å². The zero-order valence-electron chi connectivity index (χ0n) is 13.4. The van der Waals surface area contributed by atoms with E-state index in [1.54, 1.807) is 4.68 Å². The minimum Gasteiger partial charge on any atom is -0.370 e. The monoisotopic (exact) mass is 288 g/mol. The zero-order chi connectivity index (χ0) is 15.5. The molecule has 0 saturated heterocycles. The van der Waals surface area contributed by atoms with Gasteiger partial charge in [0.1, 0.15) is 17.5 Å². The zero-order valence-corrected chi connectivity index (χ0v) is 13.4. The molecule has 0 aliphatic rings. The summed E-state index contributed by atoms with van der Waals surface area (Å²) in [6.45, 7) is 9.93. The van der Waals surface area contributed by atoms with E-state index in [1.807, 2.05) is 25.5 Å². The van der Waals surface area contributed by atoms with Crippen LogP contribution < -0.4 is 10.6 Å². The van der Waals surface area contributed by atoms with Crippen LogP contribution in [0.3, 0.4) is 0 Å². The molecule has 0 bridgehead atoms. The van der Waals surface area contributed by atoms with E-state index >= 15 is 0 Å². The topological polar surface area (TPSA) is 67.7 Å². The molecule has 114 valence electrons. The van der Waals surface area contributed by atoms with E-state index in [0.717, 1.165) is 29.6 Å². The third kappa shape index (κ3) is 4.18. The molecule has 6 heteroatoms. The molecule has 0 aromatic carbocycles. The maximum Gasteiger partial charge on any atom is 0.138 e. The van der Waals surface area contributed by atoms with E-state index in [9.17, 15) is 0 Å². The second-order valence-corrected chi connectivity index (χ2v) is 6.12. The predicted molar refractivity (Wildman–Crippen MR) is 85.4 cm³/mol. The molecule has 6 nitrogen and oxygen atoms in total. The number of nitrogens with zero attached hydrogens (tertiary/aromatic N) is 4. The molecular formula is C15H24N6. The lowest BCUT2D eigenvalue weighted by Gasteiger charge is -2.19. The van der Waals surface area contributed by atoms with Crippen molar-refractivity contribution in [3.63, 3.8) is 0 Å². The number of hydrogen-bond donors (Lipinski definition) is 2. The van der Waals surface area contributed by atoms with Crippen molar-refractivity contribution in [2.75, 3.05) is 17.2 Å². The standard InChI is InChI=1S/C15H24N6/c1-6-16-12-7-13(20-14(19-12)15(2,3)4)17-8-11-9-18-21(5)10-11/h7,9-10H,6,8H2,1-5H3,(H2,16,17,19,20). The van der Waals surface area contributed by atoms with Crippen molar-refractivity contribution in [1.82, 2.24) is 19.7 Å². The first-order chi connectivity index (χ1) is 9.88. The Hall–Kier alpha value is -2.11. The summed E-state index contributed by atoms with van der Waals surface area (Å²) in [6, 6.07) is 1.94. The van der Waals surface area contributed by atoms with Crippen molar-refractivity contribution in [2.24, 2.45) is 7.05 Å². The molecule has 0 fully saturated rings. The van der Waals surface area contributed by atoms with Crippen molar-refractivity contribution in [2.45, 2.75) is 39.7 Å². The van der Waals surface area contributed by atoms with E-state index in [1.165, 1.54) is 0 Å². The van der Waals surface area contributed by atoms with Gasteiger partial charge in [-0.15, -0.1) is 0 Å². The van der Waals surface area contributed by atoms with Crippen molar-refractivity contribution >= 4 is 11.6 Å². The van der Waals surface area contributed by atoms with Gasteiger partial charge >= 0.3 is 0 Å². The van der Waals surface area contributed by atoms with E-state index < -0.39 is 0 Å². The molecule has 0 atom stereocenters. The van der Waals surface area contributed by atoms with E-state index in [2.05, 4.69) is 53.4 Å². The summed E-state index contributed by atoms with van der Waals surface area (Å²) in [4.78, 5) is 9.19. The molecule has 2 aromatic rings. The fourth-order valence-electron chi connectivity index (χ4n) is 1.90. The van der Waals surface area contributed by atoms with Gasteiger partial charge in [0.2, 0.25) is 0 Å². The fourth-order valence-corrected chi connectivity index (χ4v) is 1.90. The first-order valence-electron chi connectivity index (χ1n) is 7.23. The molecule has 2 aromatic heterocycles. The second kappa shape index (κ2) is 6.11. The maximum atomic E-state index is 4.62. The van der Waals surface area contributed by atoms with Crippen molar-refractivity contribution in [3.05, 3.63) is 29.8 Å². The van der Waals surface area contributed by atoms with Crippen LogP contribution >= 0.6 is 0 Å². The minimum atomic E-state index is -0.0871. The van der Waals surface area contributed by atoms with Gasteiger partial charge in [0.05, 0.1) is 6.20 Å². The SMILES string of the molecule is CCNc1cc(NCc2cnn(C)c2)nc(C(C)(C)C)n1. The third-order valence-corrected chi connectivity index (χ3v) is 2.99. The normalized spacial score (nSPS) is 11.5. The highest BCUT2D eigenvalue weighted by Gasteiger charge is 2.19. The van der Waals surface area contributed by atoms with Crippen LogP contribution in [0, 0.1) is 0 Å². The average Bonchev–Trinajstić information content (AvgIpc) is 2.81. The Kier molecular flexibility index (Phi) is 4.45. The van der Waals surface area contributed by atoms with Crippen molar-refractivity contribution in [3.8, 4) is 0 Å². The van der Waals surface area contributed by atoms with Gasteiger partial charge in [-0.3, -0.25) is 4.68 Å². The molecule has 0 unspecified atom stereocenters. The summed E-state index contributed by atoms with van der Waals surface area (Å²) in [5, 5.41) is 10.8. The number of rotatable bonds is 5. The molecule has 21 heavy (non-hydrogen) atoms. The average molecular weight is 288 g/mol. The molecular weight excluding hydrogens is 264 g/mol. The quantitative estimate of drug-likeness (QED) is 0.885. The van der Waals surface area contributed by atoms with Gasteiger partial charge in [0.25, 0.3) is 0 Å². The molecule has 0 spiro atoms. The van der Waals surface area contributed by atoms with E-state index in [0.29, 0.717) is 6.54 Å². The van der Waals surface area contributed by atoms with Crippen LogP contribution in [0.4, 0.5) is 11.6 Å². The lowest BCUT2D eigenvalue weighted by Crippen LogP contribution is -2.18. The van der Waals surface area contributed by atoms with Gasteiger partial charge in [-0.1, -0.05) is 20.8 Å². The molecule has 2 heterocycles. The number of aromatic nitrogens is 4. The number of hydrogen-bond acceptors (Lipinski definition) is 5. The summed E-state index contributed by atoms with van der Waals surface area (Å²) >= 11 is 0. The van der Waals surface area contributed by atoms with Crippen LogP contribution in [-0.4, -0.2) is 26.3 Å².